The number of aliphatic hydroxyl groups is 2. The van der Waals surface area contributed by atoms with Gasteiger partial charge >= 0.3 is 0 Å². The molecular formula is C12H15BrN2O3. The summed E-state index contributed by atoms with van der Waals surface area (Å²) < 4.78 is 0.731. The van der Waals surface area contributed by atoms with Crippen LogP contribution in [0.2, 0.25) is 0 Å². The number of nitrogen functional groups attached to an aromatic ring is 1. The Hall–Kier alpha value is -1.11. The molecular weight excluding hydrogens is 300 g/mol. The summed E-state index contributed by atoms with van der Waals surface area (Å²) in [7, 11) is 0. The number of hydrogen-bond donors (Lipinski definition) is 3. The summed E-state index contributed by atoms with van der Waals surface area (Å²) in [6.45, 7) is 2.07. The van der Waals surface area contributed by atoms with E-state index >= 15 is 0 Å². The minimum Gasteiger partial charge on any atom is -0.398 e. The molecule has 1 fully saturated rings. The Kier molecular flexibility index (Phi) is 3.61. The van der Waals surface area contributed by atoms with Gasteiger partial charge in [0, 0.05) is 28.8 Å². The molecule has 0 saturated carbocycles. The zero-order valence-corrected chi connectivity index (χ0v) is 11.5. The molecule has 6 heteroatoms. The number of amides is 1. The highest BCUT2D eigenvalue weighted by Crippen LogP contribution is 2.25. The maximum Gasteiger partial charge on any atom is 0.254 e. The fourth-order valence-electron chi connectivity index (χ4n) is 2.03. The van der Waals surface area contributed by atoms with Crippen molar-refractivity contribution in [1.82, 2.24) is 4.90 Å². The largest absolute Gasteiger partial charge is 0.398 e. The van der Waals surface area contributed by atoms with Gasteiger partial charge in [-0.3, -0.25) is 4.79 Å². The Labute approximate surface area is 113 Å². The second-order valence-corrected chi connectivity index (χ2v) is 5.43. The highest BCUT2D eigenvalue weighted by atomic mass is 79.9. The Morgan fingerprint density at radius 1 is 1.39 bits per heavy atom. The Bertz CT molecular complexity index is 482. The van der Waals surface area contributed by atoms with E-state index in [9.17, 15) is 15.0 Å². The van der Waals surface area contributed by atoms with Gasteiger partial charge in [-0.05, 0) is 24.6 Å². The summed E-state index contributed by atoms with van der Waals surface area (Å²) in [6, 6.07) is 3.44. The number of benzene rings is 1. The van der Waals surface area contributed by atoms with Crippen LogP contribution in [0.25, 0.3) is 0 Å². The molecule has 0 aromatic heterocycles. The number of halogens is 1. The van der Waals surface area contributed by atoms with Gasteiger partial charge in [0.2, 0.25) is 0 Å². The lowest BCUT2D eigenvalue weighted by atomic mass is 10.1. The third-order valence-electron chi connectivity index (χ3n) is 3.19. The van der Waals surface area contributed by atoms with Gasteiger partial charge in [0.1, 0.15) is 0 Å². The van der Waals surface area contributed by atoms with Gasteiger partial charge in [0.05, 0.1) is 12.2 Å². The lowest BCUT2D eigenvalue weighted by molar-refractivity contribution is 0.0572. The van der Waals surface area contributed by atoms with Crippen LogP contribution in [0.4, 0.5) is 5.69 Å². The first-order valence-corrected chi connectivity index (χ1v) is 6.40. The van der Waals surface area contributed by atoms with E-state index in [0.29, 0.717) is 16.8 Å². The van der Waals surface area contributed by atoms with E-state index in [1.54, 1.807) is 19.1 Å². The second kappa shape index (κ2) is 4.87. The zero-order chi connectivity index (χ0) is 13.4. The molecule has 18 heavy (non-hydrogen) atoms. The van der Waals surface area contributed by atoms with Crippen molar-refractivity contribution in [3.63, 3.8) is 0 Å². The molecule has 2 atom stereocenters. The van der Waals surface area contributed by atoms with Crippen LogP contribution in [0.3, 0.4) is 0 Å². The number of carbonyl (C=O) groups is 1. The van der Waals surface area contributed by atoms with E-state index < -0.39 is 12.2 Å². The van der Waals surface area contributed by atoms with Crippen LogP contribution >= 0.6 is 15.9 Å². The topological polar surface area (TPSA) is 86.8 Å². The maximum atomic E-state index is 12.3. The first kappa shape index (κ1) is 13.3. The van der Waals surface area contributed by atoms with Crippen LogP contribution < -0.4 is 5.73 Å². The number of rotatable bonds is 1. The molecule has 1 saturated heterocycles. The number of aliphatic hydroxyl groups excluding tert-OH is 2. The summed E-state index contributed by atoms with van der Waals surface area (Å²) in [4.78, 5) is 13.7. The fraction of sp³-hybridized carbons (Fsp3) is 0.417. The molecule has 1 aliphatic heterocycles. The van der Waals surface area contributed by atoms with Crippen LogP contribution in [-0.2, 0) is 0 Å². The smallest absolute Gasteiger partial charge is 0.254 e. The second-order valence-electron chi connectivity index (χ2n) is 4.51. The monoisotopic (exact) mass is 314 g/mol. The summed E-state index contributed by atoms with van der Waals surface area (Å²) >= 11 is 3.30. The van der Waals surface area contributed by atoms with Gasteiger partial charge in [-0.25, -0.2) is 0 Å². The predicted molar refractivity (Wildman–Crippen MR) is 71.2 cm³/mol. The molecule has 1 aliphatic rings. The van der Waals surface area contributed by atoms with Crippen molar-refractivity contribution in [1.29, 1.82) is 0 Å². The summed E-state index contributed by atoms with van der Waals surface area (Å²) in [5.41, 5.74) is 7.54. The highest BCUT2D eigenvalue weighted by Gasteiger charge is 2.33. The van der Waals surface area contributed by atoms with E-state index in [0.717, 1.165) is 4.47 Å². The minimum absolute atomic E-state index is 0.145. The summed E-state index contributed by atoms with van der Waals surface area (Å²) in [5.74, 6) is -0.226. The molecule has 1 heterocycles. The lowest BCUT2D eigenvalue weighted by Crippen LogP contribution is -2.30. The van der Waals surface area contributed by atoms with E-state index in [4.69, 9.17) is 5.73 Å². The highest BCUT2D eigenvalue weighted by molar-refractivity contribution is 9.10. The standard InChI is InChI=1S/C12H15BrN2O3/c1-6-8(2-7(13)3-9(6)14)12(18)15-4-10(16)11(17)5-15/h2-3,10-11,16-17H,4-5,14H2,1H3. The Morgan fingerprint density at radius 2 is 1.94 bits per heavy atom. The van der Waals surface area contributed by atoms with Gasteiger partial charge in [0.25, 0.3) is 5.91 Å². The van der Waals surface area contributed by atoms with E-state index in [1.807, 2.05) is 0 Å². The van der Waals surface area contributed by atoms with Gasteiger partial charge < -0.3 is 20.8 Å². The Morgan fingerprint density at radius 3 is 2.50 bits per heavy atom. The normalized spacial score (nSPS) is 23.4. The van der Waals surface area contributed by atoms with E-state index in [1.165, 1.54) is 4.90 Å². The van der Waals surface area contributed by atoms with Crippen LogP contribution in [0.5, 0.6) is 0 Å². The number of nitrogens with zero attached hydrogens (tertiary/aromatic N) is 1. The lowest BCUT2D eigenvalue weighted by Gasteiger charge is -2.17. The third kappa shape index (κ3) is 2.36. The van der Waals surface area contributed by atoms with Crippen LogP contribution in [0.15, 0.2) is 16.6 Å². The molecule has 0 bridgehead atoms. The average molecular weight is 315 g/mol. The third-order valence-corrected chi connectivity index (χ3v) is 3.65. The minimum atomic E-state index is -0.876. The van der Waals surface area contributed by atoms with Crippen molar-refractivity contribution >= 4 is 27.5 Å². The van der Waals surface area contributed by atoms with Crippen molar-refractivity contribution in [3.8, 4) is 0 Å². The molecule has 1 amide bonds. The molecule has 4 N–H and O–H groups in total. The SMILES string of the molecule is Cc1c(N)cc(Br)cc1C(=O)N1CC(O)C(O)C1. The molecule has 98 valence electrons. The van der Waals surface area contributed by atoms with Crippen molar-refractivity contribution in [2.75, 3.05) is 18.8 Å². The molecule has 5 nitrogen and oxygen atoms in total. The quantitative estimate of drug-likeness (QED) is 0.659. The first-order chi connectivity index (χ1) is 8.40. The molecule has 1 aromatic rings. The van der Waals surface area contributed by atoms with E-state index in [2.05, 4.69) is 15.9 Å². The molecule has 0 spiro atoms. The average Bonchev–Trinajstić information content (AvgIpc) is 2.63. The molecule has 0 aliphatic carbocycles. The molecule has 0 radical (unpaired) electrons. The van der Waals surface area contributed by atoms with Gasteiger partial charge in [0.15, 0.2) is 0 Å². The van der Waals surface area contributed by atoms with Crippen LogP contribution in [-0.4, -0.2) is 46.3 Å². The number of nitrogens with two attached hydrogens (primary N) is 1. The van der Waals surface area contributed by atoms with Crippen molar-refractivity contribution in [3.05, 3.63) is 27.7 Å². The number of hydrogen-bond acceptors (Lipinski definition) is 4. The fourth-order valence-corrected chi connectivity index (χ4v) is 2.50. The molecule has 2 unspecified atom stereocenters. The predicted octanol–water partition coefficient (Wildman–Crippen LogP) is 0.517. The number of carbonyl (C=O) groups excluding carboxylic acids is 1. The van der Waals surface area contributed by atoms with Crippen LogP contribution in [0.1, 0.15) is 15.9 Å². The number of likely N-dealkylation sites (tertiary alicyclic amines) is 1. The van der Waals surface area contributed by atoms with Crippen molar-refractivity contribution < 1.29 is 15.0 Å². The van der Waals surface area contributed by atoms with E-state index in [-0.39, 0.29) is 19.0 Å². The van der Waals surface area contributed by atoms with Gasteiger partial charge in [-0.15, -0.1) is 0 Å². The molecule has 2 rings (SSSR count). The van der Waals surface area contributed by atoms with Crippen molar-refractivity contribution in [2.24, 2.45) is 0 Å². The Balaban J connectivity index is 2.30. The summed E-state index contributed by atoms with van der Waals surface area (Å²) in [5, 5.41) is 18.9. The maximum absolute atomic E-state index is 12.3. The number of anilines is 1. The number of β-amino-alcohol motifs (C(OH)–C–C–N with tert-alkyl or cyclic N) is 2. The van der Waals surface area contributed by atoms with Crippen LogP contribution in [0, 0.1) is 6.92 Å². The van der Waals surface area contributed by atoms with Crippen molar-refractivity contribution in [2.45, 2.75) is 19.1 Å². The molecule has 1 aromatic carbocycles. The first-order valence-electron chi connectivity index (χ1n) is 5.61. The summed E-state index contributed by atoms with van der Waals surface area (Å²) in [6.07, 6.45) is -1.75. The van der Waals surface area contributed by atoms with Gasteiger partial charge in [-0.1, -0.05) is 15.9 Å². The van der Waals surface area contributed by atoms with Gasteiger partial charge in [-0.2, -0.15) is 0 Å². The zero-order valence-electron chi connectivity index (χ0n) is 9.93.